The first-order valence-corrected chi connectivity index (χ1v) is 5.37. The molecule has 2 aromatic rings. The molecule has 1 N–H and O–H groups in total. The second-order valence-electron chi connectivity index (χ2n) is 3.72. The monoisotopic (exact) mass is 237 g/mol. The Hall–Kier alpha value is -1.91. The molecule has 0 amide bonds. The highest BCUT2D eigenvalue weighted by Crippen LogP contribution is 2.19. The molecule has 1 heterocycles. The maximum Gasteiger partial charge on any atom is 0.128 e. The van der Waals surface area contributed by atoms with Gasteiger partial charge in [0.25, 0.3) is 0 Å². The van der Waals surface area contributed by atoms with Gasteiger partial charge in [-0.2, -0.15) is 0 Å². The molecule has 0 spiro atoms. The zero-order valence-electron chi connectivity index (χ0n) is 9.45. The van der Waals surface area contributed by atoms with Crippen molar-refractivity contribution in [2.45, 2.75) is 13.5 Å². The van der Waals surface area contributed by atoms with Gasteiger partial charge in [-0.05, 0) is 19.1 Å². The van der Waals surface area contributed by atoms with Crippen LogP contribution in [0.3, 0.4) is 0 Å². The van der Waals surface area contributed by atoms with E-state index in [9.17, 15) is 8.78 Å². The molecule has 0 atom stereocenters. The first-order valence-electron chi connectivity index (χ1n) is 5.37. The lowest BCUT2D eigenvalue weighted by Crippen LogP contribution is -2.22. The fourth-order valence-corrected chi connectivity index (χ4v) is 1.68. The van der Waals surface area contributed by atoms with E-state index < -0.39 is 11.6 Å². The Morgan fingerprint density at radius 3 is 2.47 bits per heavy atom. The summed E-state index contributed by atoms with van der Waals surface area (Å²) >= 11 is 0. The molecule has 0 aliphatic carbocycles. The fourth-order valence-electron chi connectivity index (χ4n) is 1.68. The van der Waals surface area contributed by atoms with E-state index in [1.54, 1.807) is 12.5 Å². The Morgan fingerprint density at radius 1 is 1.24 bits per heavy atom. The summed E-state index contributed by atoms with van der Waals surface area (Å²) in [6.45, 7) is 3.13. The van der Waals surface area contributed by atoms with Crippen LogP contribution in [0.25, 0.3) is 0 Å². The number of nitrogens with zero attached hydrogens (tertiary/aromatic N) is 2. The van der Waals surface area contributed by atoms with Gasteiger partial charge in [-0.1, -0.05) is 0 Å². The molecule has 5 heteroatoms. The Kier molecular flexibility index (Phi) is 3.37. The summed E-state index contributed by atoms with van der Waals surface area (Å²) in [5.41, 5.74) is 1.43. The van der Waals surface area contributed by atoms with Crippen LogP contribution in [-0.2, 0) is 6.54 Å². The molecule has 1 aromatic carbocycles. The smallest absolute Gasteiger partial charge is 0.128 e. The van der Waals surface area contributed by atoms with Crippen LogP contribution in [0.2, 0.25) is 0 Å². The second-order valence-corrected chi connectivity index (χ2v) is 3.72. The number of H-pyrrole nitrogens is 1. The lowest BCUT2D eigenvalue weighted by Gasteiger charge is -2.22. The van der Waals surface area contributed by atoms with Crippen LogP contribution in [0.4, 0.5) is 14.5 Å². The first-order chi connectivity index (χ1) is 8.19. The summed E-state index contributed by atoms with van der Waals surface area (Å²) in [6, 6.07) is 3.51. The maximum absolute atomic E-state index is 13.1. The Balaban J connectivity index is 2.22. The Labute approximate surface area is 98.1 Å². The third kappa shape index (κ3) is 2.81. The molecule has 0 fully saturated rings. The van der Waals surface area contributed by atoms with Crippen molar-refractivity contribution in [2.75, 3.05) is 11.4 Å². The second kappa shape index (κ2) is 4.95. The van der Waals surface area contributed by atoms with Gasteiger partial charge in [-0.25, -0.2) is 13.8 Å². The van der Waals surface area contributed by atoms with E-state index in [0.29, 0.717) is 18.8 Å². The van der Waals surface area contributed by atoms with E-state index >= 15 is 0 Å². The van der Waals surface area contributed by atoms with Crippen LogP contribution < -0.4 is 4.90 Å². The molecular weight excluding hydrogens is 224 g/mol. The van der Waals surface area contributed by atoms with Crippen LogP contribution >= 0.6 is 0 Å². The fraction of sp³-hybridized carbons (Fsp3) is 0.250. The van der Waals surface area contributed by atoms with Gasteiger partial charge in [0.2, 0.25) is 0 Å². The van der Waals surface area contributed by atoms with Gasteiger partial charge in [-0.15, -0.1) is 0 Å². The van der Waals surface area contributed by atoms with Crippen LogP contribution in [-0.4, -0.2) is 16.5 Å². The van der Waals surface area contributed by atoms with E-state index in [1.807, 2.05) is 11.8 Å². The minimum absolute atomic E-state index is 0.527. The number of halogens is 2. The Morgan fingerprint density at radius 2 is 1.94 bits per heavy atom. The summed E-state index contributed by atoms with van der Waals surface area (Å²) in [5.74, 6) is -1.13. The minimum atomic E-state index is -0.567. The van der Waals surface area contributed by atoms with Crippen molar-refractivity contribution >= 4 is 5.69 Å². The van der Waals surface area contributed by atoms with E-state index in [4.69, 9.17) is 0 Å². The average Bonchev–Trinajstić information content (AvgIpc) is 2.77. The number of nitrogens with one attached hydrogen (secondary N) is 1. The van der Waals surface area contributed by atoms with Gasteiger partial charge in [0, 0.05) is 24.5 Å². The quantitative estimate of drug-likeness (QED) is 0.886. The maximum atomic E-state index is 13.1. The van der Waals surface area contributed by atoms with Gasteiger partial charge in [0.1, 0.15) is 11.6 Å². The van der Waals surface area contributed by atoms with Crippen molar-refractivity contribution in [3.05, 3.63) is 48.1 Å². The summed E-state index contributed by atoms with van der Waals surface area (Å²) in [7, 11) is 0. The third-order valence-electron chi connectivity index (χ3n) is 2.51. The van der Waals surface area contributed by atoms with Crippen molar-refractivity contribution in [3.63, 3.8) is 0 Å². The number of hydrogen-bond acceptors (Lipinski definition) is 2. The van der Waals surface area contributed by atoms with Crippen LogP contribution in [0.5, 0.6) is 0 Å². The topological polar surface area (TPSA) is 31.9 Å². The molecule has 0 aliphatic heterocycles. The molecule has 3 nitrogen and oxygen atoms in total. The number of aromatic amines is 1. The molecule has 1 aromatic heterocycles. The number of hydrogen-bond donors (Lipinski definition) is 1. The summed E-state index contributed by atoms with van der Waals surface area (Å²) in [5, 5.41) is 0. The van der Waals surface area contributed by atoms with Crippen molar-refractivity contribution in [1.29, 1.82) is 0 Å². The van der Waals surface area contributed by atoms with Gasteiger partial charge in [-0.3, -0.25) is 0 Å². The standard InChI is InChI=1S/C12H13F2N3/c1-2-17(7-11-6-15-8-16-11)12-4-9(13)3-10(14)5-12/h3-6,8H,2,7H2,1H3,(H,15,16). The number of anilines is 1. The van der Waals surface area contributed by atoms with E-state index in [0.717, 1.165) is 11.8 Å². The van der Waals surface area contributed by atoms with E-state index in [1.165, 1.54) is 12.1 Å². The molecule has 0 bridgehead atoms. The van der Waals surface area contributed by atoms with Crippen molar-refractivity contribution in [2.24, 2.45) is 0 Å². The van der Waals surface area contributed by atoms with Crippen LogP contribution in [0, 0.1) is 11.6 Å². The number of benzene rings is 1. The third-order valence-corrected chi connectivity index (χ3v) is 2.51. The summed E-state index contributed by atoms with van der Waals surface area (Å²) in [6.07, 6.45) is 3.27. The van der Waals surface area contributed by atoms with Crippen molar-refractivity contribution < 1.29 is 8.78 Å². The molecular formula is C12H13F2N3. The molecule has 0 radical (unpaired) electrons. The number of rotatable bonds is 4. The average molecular weight is 237 g/mol. The lowest BCUT2D eigenvalue weighted by atomic mass is 10.2. The number of aromatic nitrogens is 2. The highest BCUT2D eigenvalue weighted by atomic mass is 19.1. The molecule has 2 rings (SSSR count). The SMILES string of the molecule is CCN(Cc1cnc[nH]1)c1cc(F)cc(F)c1. The van der Waals surface area contributed by atoms with E-state index in [2.05, 4.69) is 9.97 Å². The normalized spacial score (nSPS) is 10.5. The number of imidazole rings is 1. The van der Waals surface area contributed by atoms with Crippen molar-refractivity contribution in [1.82, 2.24) is 9.97 Å². The minimum Gasteiger partial charge on any atom is -0.366 e. The highest BCUT2D eigenvalue weighted by molar-refractivity contribution is 5.47. The largest absolute Gasteiger partial charge is 0.366 e. The van der Waals surface area contributed by atoms with Gasteiger partial charge >= 0.3 is 0 Å². The molecule has 17 heavy (non-hydrogen) atoms. The van der Waals surface area contributed by atoms with Gasteiger partial charge < -0.3 is 9.88 Å². The highest BCUT2D eigenvalue weighted by Gasteiger charge is 2.09. The lowest BCUT2D eigenvalue weighted by molar-refractivity contribution is 0.581. The van der Waals surface area contributed by atoms with Crippen LogP contribution in [0.1, 0.15) is 12.6 Å². The predicted octanol–water partition coefficient (Wildman–Crippen LogP) is 2.71. The summed E-state index contributed by atoms with van der Waals surface area (Å²) in [4.78, 5) is 8.73. The predicted molar refractivity (Wildman–Crippen MR) is 61.7 cm³/mol. The summed E-state index contributed by atoms with van der Waals surface area (Å²) < 4.78 is 26.2. The van der Waals surface area contributed by atoms with E-state index in [-0.39, 0.29) is 0 Å². The van der Waals surface area contributed by atoms with Crippen LogP contribution in [0.15, 0.2) is 30.7 Å². The van der Waals surface area contributed by atoms with Crippen molar-refractivity contribution in [3.8, 4) is 0 Å². The zero-order valence-corrected chi connectivity index (χ0v) is 9.45. The molecule has 0 saturated heterocycles. The molecule has 0 saturated carbocycles. The van der Waals surface area contributed by atoms with Gasteiger partial charge in [0.15, 0.2) is 0 Å². The molecule has 0 aliphatic rings. The molecule has 90 valence electrons. The van der Waals surface area contributed by atoms with Gasteiger partial charge in [0.05, 0.1) is 18.6 Å². The molecule has 0 unspecified atom stereocenters. The Bertz CT molecular complexity index is 462. The zero-order chi connectivity index (χ0) is 12.3. The first kappa shape index (κ1) is 11.6.